The van der Waals surface area contributed by atoms with Crippen molar-refractivity contribution in [3.05, 3.63) is 23.6 Å². The molecule has 3 aromatic heterocycles. The Morgan fingerprint density at radius 3 is 2.92 bits per heavy atom. The van der Waals surface area contributed by atoms with Crippen molar-refractivity contribution in [1.29, 1.82) is 0 Å². The van der Waals surface area contributed by atoms with Crippen molar-refractivity contribution in [1.82, 2.24) is 24.7 Å². The normalized spacial score (nSPS) is 11.2. The Hall–Kier alpha value is -2.55. The summed E-state index contributed by atoms with van der Waals surface area (Å²) < 4.78 is 1.73. The molecule has 8 nitrogen and oxygen atoms in total. The van der Waals surface area contributed by atoms with E-state index >= 15 is 0 Å². The highest BCUT2D eigenvalue weighted by Crippen LogP contribution is 2.22. The fraction of sp³-hybridized carbons (Fsp3) is 0.400. The molecule has 0 saturated heterocycles. The highest BCUT2D eigenvalue weighted by molar-refractivity contribution is 7.13. The third kappa shape index (κ3) is 3.51. The number of hydrogen-bond acceptors (Lipinski definition) is 7. The summed E-state index contributed by atoms with van der Waals surface area (Å²) in [4.78, 5) is 25.1. The number of nitrogens with one attached hydrogen (secondary N) is 2. The molecule has 3 aromatic rings. The maximum absolute atomic E-state index is 11.9. The third-order valence-corrected chi connectivity index (χ3v) is 4.14. The lowest BCUT2D eigenvalue weighted by molar-refractivity contribution is -0.115. The van der Waals surface area contributed by atoms with Crippen LogP contribution < -0.4 is 10.6 Å². The van der Waals surface area contributed by atoms with Crippen LogP contribution in [0.5, 0.6) is 0 Å². The zero-order chi connectivity index (χ0) is 17.1. The lowest BCUT2D eigenvalue weighted by atomic mass is 10.2. The number of rotatable bonds is 6. The van der Waals surface area contributed by atoms with Gasteiger partial charge in [-0.3, -0.25) is 9.48 Å². The fourth-order valence-corrected chi connectivity index (χ4v) is 2.74. The largest absolute Gasteiger partial charge is 0.369 e. The molecular weight excluding hydrogens is 326 g/mol. The molecule has 0 aromatic carbocycles. The predicted octanol–water partition coefficient (Wildman–Crippen LogP) is 2.38. The van der Waals surface area contributed by atoms with E-state index in [0.717, 1.165) is 16.9 Å². The quantitative estimate of drug-likeness (QED) is 0.712. The number of aromatic nitrogens is 5. The maximum atomic E-state index is 11.9. The lowest BCUT2D eigenvalue weighted by Gasteiger charge is -2.10. The average Bonchev–Trinajstić information content (AvgIpc) is 3.17. The Bertz CT molecular complexity index is 841. The molecule has 0 aliphatic rings. The van der Waals surface area contributed by atoms with Crippen molar-refractivity contribution in [3.8, 4) is 0 Å². The van der Waals surface area contributed by atoms with Gasteiger partial charge in [-0.2, -0.15) is 5.10 Å². The molecule has 126 valence electrons. The number of aryl methyl sites for hydroxylation is 1. The van der Waals surface area contributed by atoms with E-state index in [1.54, 1.807) is 17.1 Å². The van der Waals surface area contributed by atoms with E-state index in [-0.39, 0.29) is 11.8 Å². The first-order valence-corrected chi connectivity index (χ1v) is 8.55. The van der Waals surface area contributed by atoms with E-state index in [1.165, 1.54) is 11.3 Å². The summed E-state index contributed by atoms with van der Waals surface area (Å²) in [6.07, 6.45) is 3.71. The number of carbonyl (C=O) groups is 1. The lowest BCUT2D eigenvalue weighted by Crippen LogP contribution is -2.17. The number of hydrogen-bond donors (Lipinski definition) is 2. The molecule has 2 N–H and O–H groups in total. The standard InChI is InChI=1S/C15H19N7OS/c1-9(2)12-20-13(10-8-18-22(3)14(10)21-12)16-5-4-11(23)19-15-17-6-7-24-15/h6-9H,4-5H2,1-3H3,(H,16,20,21)(H,17,19,23). The van der Waals surface area contributed by atoms with Crippen LogP contribution in [0, 0.1) is 0 Å². The summed E-state index contributed by atoms with van der Waals surface area (Å²) in [5, 5.41) is 13.5. The van der Waals surface area contributed by atoms with Crippen LogP contribution in [0.1, 0.15) is 32.0 Å². The Morgan fingerprint density at radius 1 is 1.38 bits per heavy atom. The Labute approximate surface area is 143 Å². The molecule has 0 spiro atoms. The van der Waals surface area contributed by atoms with Gasteiger partial charge in [-0.25, -0.2) is 15.0 Å². The Morgan fingerprint density at radius 2 is 2.21 bits per heavy atom. The van der Waals surface area contributed by atoms with Crippen molar-refractivity contribution in [3.63, 3.8) is 0 Å². The first-order chi connectivity index (χ1) is 11.5. The number of amides is 1. The van der Waals surface area contributed by atoms with E-state index in [1.807, 2.05) is 26.3 Å². The van der Waals surface area contributed by atoms with Crippen LogP contribution in [0.25, 0.3) is 11.0 Å². The summed E-state index contributed by atoms with van der Waals surface area (Å²) in [5.74, 6) is 1.58. The van der Waals surface area contributed by atoms with Crippen molar-refractivity contribution in [2.45, 2.75) is 26.2 Å². The summed E-state index contributed by atoms with van der Waals surface area (Å²) in [5.41, 5.74) is 0.781. The molecule has 0 unspecified atom stereocenters. The predicted molar refractivity (Wildman–Crippen MR) is 94.2 cm³/mol. The first kappa shape index (κ1) is 16.3. The molecule has 1 amide bonds. The van der Waals surface area contributed by atoms with Crippen LogP contribution in [0.2, 0.25) is 0 Å². The summed E-state index contributed by atoms with van der Waals surface area (Å²) in [6.45, 7) is 4.56. The van der Waals surface area contributed by atoms with Gasteiger partial charge in [-0.1, -0.05) is 13.8 Å². The zero-order valence-corrected chi connectivity index (χ0v) is 14.6. The van der Waals surface area contributed by atoms with Gasteiger partial charge in [-0.15, -0.1) is 11.3 Å². The second kappa shape index (κ2) is 6.91. The van der Waals surface area contributed by atoms with Crippen LogP contribution >= 0.6 is 11.3 Å². The zero-order valence-electron chi connectivity index (χ0n) is 13.8. The van der Waals surface area contributed by atoms with E-state index in [2.05, 4.69) is 30.7 Å². The van der Waals surface area contributed by atoms with E-state index in [4.69, 9.17) is 0 Å². The van der Waals surface area contributed by atoms with Gasteiger partial charge in [-0.05, 0) is 0 Å². The first-order valence-electron chi connectivity index (χ1n) is 7.67. The molecule has 0 fully saturated rings. The van der Waals surface area contributed by atoms with Crippen molar-refractivity contribution in [2.24, 2.45) is 7.05 Å². The summed E-state index contributed by atoms with van der Waals surface area (Å²) in [6, 6.07) is 0. The fourth-order valence-electron chi connectivity index (χ4n) is 2.19. The van der Waals surface area contributed by atoms with Crippen LogP contribution in [0.3, 0.4) is 0 Å². The number of thiazole rings is 1. The molecule has 0 bridgehead atoms. The summed E-state index contributed by atoms with van der Waals surface area (Å²) >= 11 is 1.40. The number of carbonyl (C=O) groups excluding carboxylic acids is 1. The molecule has 3 rings (SSSR count). The number of fused-ring (bicyclic) bond motifs is 1. The van der Waals surface area contributed by atoms with Gasteiger partial charge in [0.25, 0.3) is 0 Å². The Kier molecular flexibility index (Phi) is 4.70. The van der Waals surface area contributed by atoms with Crippen LogP contribution in [0.4, 0.5) is 10.9 Å². The van der Waals surface area contributed by atoms with Gasteiger partial charge in [0.1, 0.15) is 11.6 Å². The molecule has 0 saturated carbocycles. The van der Waals surface area contributed by atoms with E-state index < -0.39 is 0 Å². The van der Waals surface area contributed by atoms with Crippen molar-refractivity contribution in [2.75, 3.05) is 17.2 Å². The molecule has 0 radical (unpaired) electrons. The van der Waals surface area contributed by atoms with Gasteiger partial charge in [0.05, 0.1) is 11.6 Å². The Balaban J connectivity index is 1.69. The van der Waals surface area contributed by atoms with E-state index in [9.17, 15) is 4.79 Å². The second-order valence-electron chi connectivity index (χ2n) is 5.65. The number of anilines is 2. The highest BCUT2D eigenvalue weighted by atomic mass is 32.1. The topological polar surface area (TPSA) is 97.6 Å². The number of nitrogens with zero attached hydrogens (tertiary/aromatic N) is 5. The highest BCUT2D eigenvalue weighted by Gasteiger charge is 2.13. The van der Waals surface area contributed by atoms with Crippen molar-refractivity contribution < 1.29 is 4.79 Å². The molecule has 0 aliphatic carbocycles. The van der Waals surface area contributed by atoms with Gasteiger partial charge in [0.15, 0.2) is 10.8 Å². The molecule has 3 heterocycles. The molecular formula is C15H19N7OS. The maximum Gasteiger partial charge on any atom is 0.227 e. The second-order valence-corrected chi connectivity index (χ2v) is 6.55. The average molecular weight is 345 g/mol. The van der Waals surface area contributed by atoms with Gasteiger partial charge in [0, 0.05) is 37.5 Å². The minimum Gasteiger partial charge on any atom is -0.369 e. The van der Waals surface area contributed by atoms with Crippen molar-refractivity contribution >= 4 is 39.2 Å². The molecule has 9 heteroatoms. The monoisotopic (exact) mass is 345 g/mol. The minimum atomic E-state index is -0.0852. The van der Waals surface area contributed by atoms with Crippen LogP contribution in [-0.2, 0) is 11.8 Å². The van der Waals surface area contributed by atoms with Gasteiger partial charge in [0.2, 0.25) is 5.91 Å². The molecule has 0 atom stereocenters. The molecule has 24 heavy (non-hydrogen) atoms. The van der Waals surface area contributed by atoms with Gasteiger partial charge >= 0.3 is 0 Å². The molecule has 0 aliphatic heterocycles. The van der Waals surface area contributed by atoms with Crippen LogP contribution in [0.15, 0.2) is 17.8 Å². The van der Waals surface area contributed by atoms with Gasteiger partial charge < -0.3 is 10.6 Å². The smallest absolute Gasteiger partial charge is 0.227 e. The van der Waals surface area contributed by atoms with Crippen LogP contribution in [-0.4, -0.2) is 37.2 Å². The summed E-state index contributed by atoms with van der Waals surface area (Å²) in [7, 11) is 1.85. The SMILES string of the molecule is CC(C)c1nc(NCCC(=O)Nc2nccs2)c2cnn(C)c2n1. The van der Waals surface area contributed by atoms with E-state index in [0.29, 0.717) is 23.9 Å². The third-order valence-electron chi connectivity index (χ3n) is 3.45. The minimum absolute atomic E-state index is 0.0852.